The molecule has 1 fully saturated rings. The van der Waals surface area contributed by atoms with Crippen LogP contribution in [0.5, 0.6) is 0 Å². The maximum absolute atomic E-state index is 13.0. The van der Waals surface area contributed by atoms with E-state index in [0.717, 1.165) is 34.6 Å². The first-order valence-electron chi connectivity index (χ1n) is 19.8. The smallest absolute Gasteiger partial charge is 0.333 e. The minimum absolute atomic E-state index is 0.0449. The highest BCUT2D eigenvalue weighted by Gasteiger charge is 2.36. The molecule has 0 amide bonds. The second kappa shape index (κ2) is 22.4. The first-order valence-corrected chi connectivity index (χ1v) is 19.8. The predicted molar refractivity (Wildman–Crippen MR) is 215 cm³/mol. The first-order chi connectivity index (χ1) is 25.8. The molecule has 0 saturated heterocycles. The van der Waals surface area contributed by atoms with E-state index in [0.29, 0.717) is 18.8 Å². The van der Waals surface area contributed by atoms with Crippen molar-refractivity contribution < 1.29 is 38.8 Å². The van der Waals surface area contributed by atoms with Gasteiger partial charge in [0, 0.05) is 35.9 Å². The van der Waals surface area contributed by atoms with E-state index in [9.17, 15) is 24.6 Å². The maximum Gasteiger partial charge on any atom is 0.333 e. The zero-order valence-corrected chi connectivity index (χ0v) is 33.3. The minimum Gasteiger partial charge on any atom is -0.461 e. The van der Waals surface area contributed by atoms with Crippen molar-refractivity contribution in [2.75, 3.05) is 33.0 Å². The van der Waals surface area contributed by atoms with Crippen LogP contribution in [0.4, 0.5) is 0 Å². The number of esters is 3. The Kier molecular flexibility index (Phi) is 18.4. The van der Waals surface area contributed by atoms with Crippen molar-refractivity contribution in [2.45, 2.75) is 111 Å². The van der Waals surface area contributed by atoms with Crippen LogP contribution in [0, 0.1) is 17.3 Å². The van der Waals surface area contributed by atoms with Gasteiger partial charge in [0.05, 0.1) is 5.41 Å². The van der Waals surface area contributed by atoms with Crippen molar-refractivity contribution >= 4 is 17.9 Å². The van der Waals surface area contributed by atoms with Crippen LogP contribution in [0.1, 0.15) is 115 Å². The number of benzene rings is 2. The van der Waals surface area contributed by atoms with Crippen LogP contribution < -0.4 is 0 Å². The highest BCUT2D eigenvalue weighted by Crippen LogP contribution is 2.38. The third-order valence-electron chi connectivity index (χ3n) is 10.9. The molecule has 0 aromatic heterocycles. The lowest BCUT2D eigenvalue weighted by atomic mass is 9.77. The molecule has 8 heteroatoms. The molecule has 0 heterocycles. The van der Waals surface area contributed by atoms with Gasteiger partial charge in [-0.3, -0.25) is 0 Å². The maximum atomic E-state index is 13.0. The molecule has 0 aliphatic heterocycles. The lowest BCUT2D eigenvalue weighted by Gasteiger charge is -2.33. The second-order valence-corrected chi connectivity index (χ2v) is 15.5. The number of rotatable bonds is 23. The molecular weight excluding hydrogens is 680 g/mol. The zero-order chi connectivity index (χ0) is 39.7. The Labute approximate surface area is 323 Å². The van der Waals surface area contributed by atoms with Gasteiger partial charge in [0.2, 0.25) is 0 Å². The number of aliphatic hydroxyl groups is 2. The SMILES string of the molecule is C=C(C)C(=O)OCC(CCc1ccc(-c2ccc(C3CCC(CCCCC)CC3)cc2)cc1CC)(COC(=O)C(=C)C)COC(=O)C(=C)CC(CO)CO. The summed E-state index contributed by atoms with van der Waals surface area (Å²) in [4.78, 5) is 38.2. The standard InChI is InChI=1S/C46H64O8/c1-8-10-11-12-35-13-15-38(16-14-35)39-17-19-40(20-18-39)42-22-21-41(37(9-2)26-42)23-24-46(29-52-43(49)32(3)4,30-53-44(50)33(5)6)31-54-45(51)34(7)25-36(27-47)28-48/h17-22,26,35-36,38,47-48H,3,5,7-16,23-25,27-31H2,1-2,4,6H3. The monoisotopic (exact) mass is 744 g/mol. The second-order valence-electron chi connectivity index (χ2n) is 15.5. The molecule has 3 rings (SSSR count). The average molecular weight is 745 g/mol. The van der Waals surface area contributed by atoms with Crippen LogP contribution in [-0.2, 0) is 41.4 Å². The number of hydrogen-bond donors (Lipinski definition) is 2. The number of unbranched alkanes of at least 4 members (excludes halogenated alkanes) is 2. The molecule has 0 spiro atoms. The quantitative estimate of drug-likeness (QED) is 0.0501. The van der Waals surface area contributed by atoms with Gasteiger partial charge in [0.25, 0.3) is 0 Å². The van der Waals surface area contributed by atoms with Gasteiger partial charge in [0.1, 0.15) is 19.8 Å². The molecule has 0 atom stereocenters. The average Bonchev–Trinajstić information content (AvgIpc) is 3.19. The number of ether oxygens (including phenoxy) is 3. The van der Waals surface area contributed by atoms with Crippen molar-refractivity contribution in [1.82, 2.24) is 0 Å². The van der Waals surface area contributed by atoms with E-state index in [4.69, 9.17) is 14.2 Å². The fraction of sp³-hybridized carbons (Fsp3) is 0.543. The van der Waals surface area contributed by atoms with Crippen LogP contribution in [0.2, 0.25) is 0 Å². The third-order valence-corrected chi connectivity index (χ3v) is 10.9. The van der Waals surface area contributed by atoms with E-state index >= 15 is 0 Å². The molecule has 1 aliphatic carbocycles. The van der Waals surface area contributed by atoms with Crippen LogP contribution in [-0.4, -0.2) is 61.2 Å². The summed E-state index contributed by atoms with van der Waals surface area (Å²) < 4.78 is 17.0. The van der Waals surface area contributed by atoms with E-state index in [1.54, 1.807) is 0 Å². The van der Waals surface area contributed by atoms with E-state index in [1.807, 2.05) is 0 Å². The van der Waals surface area contributed by atoms with Crippen LogP contribution in [0.3, 0.4) is 0 Å². The molecule has 0 radical (unpaired) electrons. The largest absolute Gasteiger partial charge is 0.461 e. The van der Waals surface area contributed by atoms with Crippen LogP contribution in [0.25, 0.3) is 11.1 Å². The summed E-state index contributed by atoms with van der Waals surface area (Å²) in [5.41, 5.74) is 5.34. The van der Waals surface area contributed by atoms with Crippen molar-refractivity contribution in [3.63, 3.8) is 0 Å². The minimum atomic E-state index is -1.12. The first kappa shape index (κ1) is 44.4. The van der Waals surface area contributed by atoms with Gasteiger partial charge < -0.3 is 24.4 Å². The number of hydrogen-bond acceptors (Lipinski definition) is 8. The van der Waals surface area contributed by atoms with E-state index in [1.165, 1.54) is 70.8 Å². The van der Waals surface area contributed by atoms with E-state index in [2.05, 4.69) is 76.0 Å². The number of aliphatic hydroxyl groups excluding tert-OH is 2. The molecule has 8 nitrogen and oxygen atoms in total. The summed E-state index contributed by atoms with van der Waals surface area (Å²) in [5.74, 6) is -0.983. The molecule has 2 aromatic carbocycles. The van der Waals surface area contributed by atoms with Gasteiger partial charge in [-0.05, 0) is 105 Å². The number of carbonyl (C=O) groups is 3. The fourth-order valence-corrected chi connectivity index (χ4v) is 7.16. The van der Waals surface area contributed by atoms with Gasteiger partial charge in [-0.2, -0.15) is 0 Å². The molecular formula is C46H64O8. The van der Waals surface area contributed by atoms with Gasteiger partial charge in [0.15, 0.2) is 0 Å². The highest BCUT2D eigenvalue weighted by molar-refractivity contribution is 5.88. The topological polar surface area (TPSA) is 119 Å². The number of carbonyl (C=O) groups excluding carboxylic acids is 3. The highest BCUT2D eigenvalue weighted by atomic mass is 16.6. The molecule has 1 saturated carbocycles. The molecule has 2 N–H and O–H groups in total. The third kappa shape index (κ3) is 13.7. The summed E-state index contributed by atoms with van der Waals surface area (Å²) in [6.07, 6.45) is 12.3. The Balaban J connectivity index is 1.81. The molecule has 1 aliphatic rings. The zero-order valence-electron chi connectivity index (χ0n) is 33.3. The molecule has 2 aromatic rings. The lowest BCUT2D eigenvalue weighted by Crippen LogP contribution is -2.40. The Morgan fingerprint density at radius 2 is 1.31 bits per heavy atom. The van der Waals surface area contributed by atoms with Gasteiger partial charge in [-0.25, -0.2) is 14.4 Å². The van der Waals surface area contributed by atoms with Gasteiger partial charge >= 0.3 is 17.9 Å². The summed E-state index contributed by atoms with van der Waals surface area (Å²) in [6, 6.07) is 15.5. The lowest BCUT2D eigenvalue weighted by molar-refractivity contribution is -0.157. The van der Waals surface area contributed by atoms with Crippen molar-refractivity contribution in [3.05, 3.63) is 95.6 Å². The number of aryl methyl sites for hydroxylation is 2. The normalized spacial score (nSPS) is 15.8. The van der Waals surface area contributed by atoms with Crippen molar-refractivity contribution in [1.29, 1.82) is 0 Å². The predicted octanol–water partition coefficient (Wildman–Crippen LogP) is 9.02. The Morgan fingerprint density at radius 3 is 1.83 bits per heavy atom. The Morgan fingerprint density at radius 1 is 0.759 bits per heavy atom. The van der Waals surface area contributed by atoms with E-state index in [-0.39, 0.29) is 56.2 Å². The Bertz CT molecular complexity index is 1530. The molecule has 0 unspecified atom stereocenters. The fourth-order valence-electron chi connectivity index (χ4n) is 7.16. The summed E-state index contributed by atoms with van der Waals surface area (Å²) in [5, 5.41) is 19.0. The molecule has 54 heavy (non-hydrogen) atoms. The van der Waals surface area contributed by atoms with Crippen molar-refractivity contribution in [3.8, 4) is 11.1 Å². The van der Waals surface area contributed by atoms with Gasteiger partial charge in [-0.15, -0.1) is 0 Å². The summed E-state index contributed by atoms with van der Waals surface area (Å²) >= 11 is 0. The van der Waals surface area contributed by atoms with Crippen molar-refractivity contribution in [2.24, 2.45) is 17.3 Å². The van der Waals surface area contributed by atoms with Gasteiger partial charge in [-0.1, -0.05) is 102 Å². The molecule has 0 bridgehead atoms. The van der Waals surface area contributed by atoms with Crippen LogP contribution >= 0.6 is 0 Å². The summed E-state index contributed by atoms with van der Waals surface area (Å²) in [6.45, 7) is 17.3. The summed E-state index contributed by atoms with van der Waals surface area (Å²) in [7, 11) is 0. The van der Waals surface area contributed by atoms with E-state index < -0.39 is 29.2 Å². The Hall–Kier alpha value is -4.01. The molecule has 296 valence electrons. The van der Waals surface area contributed by atoms with Crippen LogP contribution in [0.15, 0.2) is 78.9 Å².